The number of ketones is 1. The molecule has 7 atom stereocenters. The van der Waals surface area contributed by atoms with Gasteiger partial charge in [0.05, 0.1) is 51.0 Å². The van der Waals surface area contributed by atoms with Crippen molar-refractivity contribution in [3.8, 4) is 0 Å². The zero-order valence-corrected chi connectivity index (χ0v) is 23.9. The number of nitrogens with zero attached hydrogens (tertiary/aromatic N) is 1. The van der Waals surface area contributed by atoms with E-state index in [1.54, 1.807) is 31.3 Å². The number of epoxide rings is 1. The van der Waals surface area contributed by atoms with Gasteiger partial charge in [-0.15, -0.1) is 17.9 Å². The van der Waals surface area contributed by atoms with Gasteiger partial charge in [-0.3, -0.25) is 9.59 Å². The number of ether oxygens (including phenoxy) is 2. The number of Topliss-reactive ketones (excluding diaryl/α,β-unsaturated/α-hetero) is 1. The molecule has 2 aromatic rings. The number of aryl methyl sites for hydroxylation is 1. The Labute approximate surface area is 229 Å². The summed E-state index contributed by atoms with van der Waals surface area (Å²) in [4.78, 5) is 31.3. The van der Waals surface area contributed by atoms with Crippen LogP contribution in [0.15, 0.2) is 30.9 Å². The normalized spacial score (nSPS) is 34.9. The molecule has 0 aliphatic carbocycles. The highest BCUT2D eigenvalue weighted by Crippen LogP contribution is 2.47. The van der Waals surface area contributed by atoms with Crippen LogP contribution in [0.4, 0.5) is 0 Å². The molecule has 4 rings (SSSR count). The van der Waals surface area contributed by atoms with E-state index in [1.165, 1.54) is 0 Å². The maximum absolute atomic E-state index is 13.6. The van der Waals surface area contributed by atoms with Crippen molar-refractivity contribution in [2.75, 3.05) is 0 Å². The number of aliphatic hydroxyl groups excluding tert-OH is 2. The second-order valence-electron chi connectivity index (χ2n) is 11.9. The van der Waals surface area contributed by atoms with Crippen LogP contribution in [0.3, 0.4) is 0 Å². The van der Waals surface area contributed by atoms with E-state index in [1.807, 2.05) is 32.0 Å². The van der Waals surface area contributed by atoms with E-state index >= 15 is 0 Å². The molecule has 2 N–H and O–H groups in total. The van der Waals surface area contributed by atoms with Crippen molar-refractivity contribution in [3.63, 3.8) is 0 Å². The molecular formula is C30H41NO6S. The van der Waals surface area contributed by atoms with E-state index in [0.29, 0.717) is 12.8 Å². The predicted molar refractivity (Wildman–Crippen MR) is 148 cm³/mol. The highest BCUT2D eigenvalue weighted by molar-refractivity contribution is 7.18. The van der Waals surface area contributed by atoms with Crippen LogP contribution in [0.2, 0.25) is 0 Å². The first-order valence-corrected chi connectivity index (χ1v) is 14.4. The number of fused-ring (bicyclic) bond motifs is 2. The van der Waals surface area contributed by atoms with Crippen LogP contribution in [0.5, 0.6) is 0 Å². The molecule has 7 nitrogen and oxygen atoms in total. The summed E-state index contributed by atoms with van der Waals surface area (Å²) in [6.07, 6.45) is 1.71. The lowest BCUT2D eigenvalue weighted by molar-refractivity contribution is -0.156. The lowest BCUT2D eigenvalue weighted by Gasteiger charge is -2.35. The minimum absolute atomic E-state index is 0.0715. The van der Waals surface area contributed by atoms with E-state index in [2.05, 4.69) is 18.5 Å². The van der Waals surface area contributed by atoms with Crippen molar-refractivity contribution in [1.29, 1.82) is 0 Å². The fourth-order valence-electron chi connectivity index (χ4n) is 5.70. The fourth-order valence-corrected chi connectivity index (χ4v) is 6.51. The van der Waals surface area contributed by atoms with Gasteiger partial charge in [-0.1, -0.05) is 39.3 Å². The number of aromatic nitrogens is 1. The van der Waals surface area contributed by atoms with Crippen LogP contribution in [-0.4, -0.2) is 50.9 Å². The van der Waals surface area contributed by atoms with E-state index in [4.69, 9.17) is 9.47 Å². The second kappa shape index (κ2) is 11.2. The number of hydrogen-bond acceptors (Lipinski definition) is 8. The summed E-state index contributed by atoms with van der Waals surface area (Å²) < 4.78 is 13.2. The number of cyclic esters (lactones) is 1. The average molecular weight is 544 g/mol. The molecule has 1 aromatic heterocycles. The Morgan fingerprint density at radius 1 is 1.24 bits per heavy atom. The van der Waals surface area contributed by atoms with Crippen molar-refractivity contribution >= 4 is 33.3 Å². The van der Waals surface area contributed by atoms with E-state index in [9.17, 15) is 19.8 Å². The highest BCUT2D eigenvalue weighted by atomic mass is 32.1. The number of benzene rings is 1. The lowest BCUT2D eigenvalue weighted by Crippen LogP contribution is -2.46. The average Bonchev–Trinajstić information content (AvgIpc) is 3.32. The Hall–Kier alpha value is -2.13. The Balaban J connectivity index is 1.63. The molecule has 2 aliphatic rings. The first-order chi connectivity index (χ1) is 17.9. The van der Waals surface area contributed by atoms with Crippen LogP contribution in [0, 0.1) is 24.2 Å². The molecule has 3 heterocycles. The molecule has 0 spiro atoms. The van der Waals surface area contributed by atoms with Crippen molar-refractivity contribution in [1.82, 2.24) is 4.98 Å². The molecule has 2 fully saturated rings. The molecule has 0 bridgehead atoms. The number of hydrogen-bond donors (Lipinski definition) is 2. The Morgan fingerprint density at radius 2 is 1.97 bits per heavy atom. The Morgan fingerprint density at radius 3 is 2.68 bits per heavy atom. The second-order valence-corrected chi connectivity index (χ2v) is 13.1. The molecule has 38 heavy (non-hydrogen) atoms. The number of carbonyl (C=O) groups is 2. The summed E-state index contributed by atoms with van der Waals surface area (Å²) in [5.41, 5.74) is 0.115. The van der Waals surface area contributed by atoms with Gasteiger partial charge in [0.1, 0.15) is 11.9 Å². The summed E-state index contributed by atoms with van der Waals surface area (Å²) >= 11 is 1.61. The molecule has 8 heteroatoms. The van der Waals surface area contributed by atoms with Crippen molar-refractivity contribution in [2.45, 2.75) is 103 Å². The molecule has 1 aromatic carbocycles. The van der Waals surface area contributed by atoms with Crippen molar-refractivity contribution in [2.24, 2.45) is 17.3 Å². The molecule has 2 aliphatic heterocycles. The molecular weight excluding hydrogens is 502 g/mol. The standard InChI is InChI=1S/C30H41NO6S/c1-7-9-20-27(34)17(2)10-8-13-30(6)25(37-30)15-22(19-11-12-23-21(14-19)31-18(3)38-23)36-26(33)16-24(32)29(4,5)28(20)35/h7,11-12,14,17,20,22,24-25,27,32,34H,1,8-10,13,15-16H2,2-6H3/t17-,20+,22-,24-,25-,27?,30+/m0/s1. The SMILES string of the molecule is C=CC[C@H]1C(=O)C(C)(C)[C@@H](O)CC(=O)O[C@H](c2ccc3sc(C)nc3c2)C[C@@H]2O[C@]2(C)CCC[C@H](C)C1O. The fraction of sp³-hybridized carbons (Fsp3) is 0.633. The summed E-state index contributed by atoms with van der Waals surface area (Å²) in [6, 6.07) is 5.92. The minimum atomic E-state index is -1.27. The Kier molecular flexibility index (Phi) is 8.48. The van der Waals surface area contributed by atoms with E-state index in [0.717, 1.165) is 40.1 Å². The lowest BCUT2D eigenvalue weighted by atomic mass is 9.71. The van der Waals surface area contributed by atoms with Gasteiger partial charge >= 0.3 is 5.97 Å². The van der Waals surface area contributed by atoms with Gasteiger partial charge in [0.2, 0.25) is 0 Å². The van der Waals surface area contributed by atoms with Crippen LogP contribution in [0.25, 0.3) is 10.2 Å². The number of carbonyl (C=O) groups excluding carboxylic acids is 2. The number of allylic oxidation sites excluding steroid dienone is 1. The van der Waals surface area contributed by atoms with Crippen LogP contribution < -0.4 is 0 Å². The van der Waals surface area contributed by atoms with Gasteiger partial charge in [-0.25, -0.2) is 4.98 Å². The number of esters is 1. The van der Waals surface area contributed by atoms with E-state index < -0.39 is 35.6 Å². The third-order valence-electron chi connectivity index (χ3n) is 8.54. The van der Waals surface area contributed by atoms with Gasteiger partial charge in [-0.05, 0) is 56.7 Å². The summed E-state index contributed by atoms with van der Waals surface area (Å²) in [5.74, 6) is -1.68. The summed E-state index contributed by atoms with van der Waals surface area (Å²) in [6.45, 7) is 13.0. The monoisotopic (exact) mass is 543 g/mol. The molecule has 0 amide bonds. The maximum atomic E-state index is 13.6. The molecule has 0 radical (unpaired) electrons. The molecule has 208 valence electrons. The van der Waals surface area contributed by atoms with Crippen LogP contribution in [-0.2, 0) is 19.1 Å². The molecule has 0 saturated carbocycles. The first-order valence-electron chi connectivity index (χ1n) is 13.6. The zero-order valence-electron chi connectivity index (χ0n) is 23.1. The third-order valence-corrected chi connectivity index (χ3v) is 9.49. The van der Waals surface area contributed by atoms with Gasteiger partial charge in [-0.2, -0.15) is 0 Å². The largest absolute Gasteiger partial charge is 0.457 e. The summed E-state index contributed by atoms with van der Waals surface area (Å²) in [5, 5.41) is 23.2. The zero-order chi connectivity index (χ0) is 27.8. The highest BCUT2D eigenvalue weighted by Gasteiger charge is 2.53. The van der Waals surface area contributed by atoms with Gasteiger partial charge in [0, 0.05) is 12.3 Å². The minimum Gasteiger partial charge on any atom is -0.457 e. The maximum Gasteiger partial charge on any atom is 0.309 e. The predicted octanol–water partition coefficient (Wildman–Crippen LogP) is 5.46. The first kappa shape index (κ1) is 28.9. The quantitative estimate of drug-likeness (QED) is 0.301. The van der Waals surface area contributed by atoms with Crippen LogP contribution >= 0.6 is 11.3 Å². The molecule has 1 unspecified atom stereocenters. The molecule has 2 saturated heterocycles. The van der Waals surface area contributed by atoms with Gasteiger partial charge in [0.25, 0.3) is 0 Å². The van der Waals surface area contributed by atoms with Crippen molar-refractivity contribution in [3.05, 3.63) is 41.4 Å². The number of rotatable bonds is 3. The third kappa shape index (κ3) is 6.03. The van der Waals surface area contributed by atoms with Crippen molar-refractivity contribution < 1.29 is 29.3 Å². The Bertz CT molecular complexity index is 1190. The topological polar surface area (TPSA) is 109 Å². The van der Waals surface area contributed by atoms with E-state index in [-0.39, 0.29) is 29.8 Å². The van der Waals surface area contributed by atoms with Crippen LogP contribution in [0.1, 0.15) is 82.9 Å². The van der Waals surface area contributed by atoms with Gasteiger partial charge < -0.3 is 19.7 Å². The number of thiazole rings is 1. The van der Waals surface area contributed by atoms with Gasteiger partial charge in [0.15, 0.2) is 0 Å². The summed E-state index contributed by atoms with van der Waals surface area (Å²) in [7, 11) is 0. The number of aliphatic hydroxyl groups is 2. The smallest absolute Gasteiger partial charge is 0.309 e.